The third kappa shape index (κ3) is 3.72. The number of hydrogen-bond donors (Lipinski definition) is 1. The first-order valence-corrected chi connectivity index (χ1v) is 9.24. The Bertz CT molecular complexity index is 956. The molecule has 0 radical (unpaired) electrons. The van der Waals surface area contributed by atoms with Crippen LogP contribution in [0.5, 0.6) is 0 Å². The number of nitrogens with zero attached hydrogens (tertiary/aromatic N) is 2. The fraction of sp³-hybridized carbons (Fsp3) is 0.0625. The molecule has 1 N–H and O–H groups in total. The predicted octanol–water partition coefficient (Wildman–Crippen LogP) is 4.04. The highest BCUT2D eigenvalue weighted by Crippen LogP contribution is 2.24. The molecular formula is C16H13Cl2N3O2S. The van der Waals surface area contributed by atoms with Crippen LogP contribution >= 0.6 is 23.2 Å². The Labute approximate surface area is 149 Å². The standard InChI is InChI=1S/C16H13Cl2N3O2S/c17-14-9-5-4-6-12(14)10-21-11-15(18)16(19-21)20-24(22,23)13-7-2-1-3-8-13/h1-9,11H,10H2,(H,19,20). The quantitative estimate of drug-likeness (QED) is 0.725. The number of halogens is 2. The smallest absolute Gasteiger partial charge is 0.263 e. The topological polar surface area (TPSA) is 64.0 Å². The summed E-state index contributed by atoms with van der Waals surface area (Å²) in [5.74, 6) is 0.0765. The van der Waals surface area contributed by atoms with Crippen molar-refractivity contribution in [2.45, 2.75) is 11.4 Å². The van der Waals surface area contributed by atoms with Crippen molar-refractivity contribution in [2.24, 2.45) is 0 Å². The average molecular weight is 382 g/mol. The summed E-state index contributed by atoms with van der Waals surface area (Å²) in [6.07, 6.45) is 1.55. The van der Waals surface area contributed by atoms with E-state index in [0.717, 1.165) is 5.56 Å². The maximum absolute atomic E-state index is 12.3. The van der Waals surface area contributed by atoms with E-state index in [0.29, 0.717) is 11.6 Å². The molecule has 0 saturated carbocycles. The van der Waals surface area contributed by atoms with Gasteiger partial charge in [0, 0.05) is 11.2 Å². The Morgan fingerprint density at radius 2 is 1.62 bits per heavy atom. The van der Waals surface area contributed by atoms with Gasteiger partial charge in [0.2, 0.25) is 0 Å². The first-order chi connectivity index (χ1) is 11.5. The third-order valence-corrected chi connectivity index (χ3v) is 5.29. The fourth-order valence-corrected chi connectivity index (χ4v) is 3.62. The van der Waals surface area contributed by atoms with E-state index in [4.69, 9.17) is 23.2 Å². The van der Waals surface area contributed by atoms with Gasteiger partial charge in [-0.15, -0.1) is 0 Å². The second-order valence-corrected chi connectivity index (χ2v) is 7.53. The Morgan fingerprint density at radius 1 is 0.958 bits per heavy atom. The van der Waals surface area contributed by atoms with E-state index in [2.05, 4.69) is 9.82 Å². The number of anilines is 1. The van der Waals surface area contributed by atoms with Crippen LogP contribution in [0.3, 0.4) is 0 Å². The van der Waals surface area contributed by atoms with Crippen LogP contribution < -0.4 is 4.72 Å². The van der Waals surface area contributed by atoms with Crippen LogP contribution in [0.25, 0.3) is 0 Å². The monoisotopic (exact) mass is 381 g/mol. The molecule has 0 saturated heterocycles. The van der Waals surface area contributed by atoms with Gasteiger partial charge in [0.05, 0.1) is 11.4 Å². The summed E-state index contributed by atoms with van der Waals surface area (Å²) in [6.45, 7) is 0.381. The van der Waals surface area contributed by atoms with E-state index in [9.17, 15) is 8.42 Å². The lowest BCUT2D eigenvalue weighted by Gasteiger charge is -2.06. The van der Waals surface area contributed by atoms with Gasteiger partial charge in [-0.2, -0.15) is 5.10 Å². The number of rotatable bonds is 5. The Kier molecular flexibility index (Phi) is 4.80. The van der Waals surface area contributed by atoms with Gasteiger partial charge >= 0.3 is 0 Å². The molecule has 3 aromatic rings. The van der Waals surface area contributed by atoms with Crippen molar-refractivity contribution >= 4 is 39.0 Å². The van der Waals surface area contributed by atoms with Gasteiger partial charge < -0.3 is 0 Å². The van der Waals surface area contributed by atoms with Gasteiger partial charge in [-0.3, -0.25) is 9.40 Å². The lowest BCUT2D eigenvalue weighted by molar-refractivity contribution is 0.600. The summed E-state index contributed by atoms with van der Waals surface area (Å²) in [4.78, 5) is 0.140. The van der Waals surface area contributed by atoms with Crippen molar-refractivity contribution < 1.29 is 8.42 Å². The summed E-state index contributed by atoms with van der Waals surface area (Å²) in [5, 5.41) is 5.01. The van der Waals surface area contributed by atoms with Crippen molar-refractivity contribution in [3.63, 3.8) is 0 Å². The highest BCUT2D eigenvalue weighted by molar-refractivity contribution is 7.92. The normalized spacial score (nSPS) is 11.4. The molecule has 8 heteroatoms. The van der Waals surface area contributed by atoms with E-state index in [1.165, 1.54) is 16.8 Å². The Morgan fingerprint density at radius 3 is 2.33 bits per heavy atom. The van der Waals surface area contributed by atoms with Gasteiger partial charge in [-0.25, -0.2) is 8.42 Å². The van der Waals surface area contributed by atoms with Crippen molar-refractivity contribution in [1.82, 2.24) is 9.78 Å². The molecule has 0 aliphatic heterocycles. The van der Waals surface area contributed by atoms with Crippen molar-refractivity contribution in [1.29, 1.82) is 0 Å². The first kappa shape index (κ1) is 16.8. The summed E-state index contributed by atoms with van der Waals surface area (Å²) < 4.78 is 28.6. The summed E-state index contributed by atoms with van der Waals surface area (Å²) in [6, 6.07) is 15.4. The zero-order valence-corrected chi connectivity index (χ0v) is 14.7. The van der Waals surface area contributed by atoms with Gasteiger partial charge in [-0.1, -0.05) is 59.6 Å². The molecule has 1 aromatic heterocycles. The number of hydrogen-bond acceptors (Lipinski definition) is 3. The van der Waals surface area contributed by atoms with E-state index < -0.39 is 10.0 Å². The number of nitrogens with one attached hydrogen (secondary N) is 1. The summed E-state index contributed by atoms with van der Waals surface area (Å²) >= 11 is 12.2. The van der Waals surface area contributed by atoms with Crippen LogP contribution in [0.15, 0.2) is 65.7 Å². The molecule has 1 heterocycles. The number of sulfonamides is 1. The largest absolute Gasteiger partial charge is 0.265 e. The van der Waals surface area contributed by atoms with Gasteiger partial charge in [0.25, 0.3) is 10.0 Å². The number of benzene rings is 2. The zero-order chi connectivity index (χ0) is 17.2. The Hall–Kier alpha value is -2.02. The van der Waals surface area contributed by atoms with Gasteiger partial charge in [0.15, 0.2) is 5.82 Å². The molecule has 0 aliphatic carbocycles. The SMILES string of the molecule is O=S(=O)(Nc1nn(Cc2ccccc2Cl)cc1Cl)c1ccccc1. The number of aromatic nitrogens is 2. The third-order valence-electron chi connectivity index (χ3n) is 3.29. The molecule has 5 nitrogen and oxygen atoms in total. The second kappa shape index (κ2) is 6.84. The van der Waals surface area contributed by atoms with Crippen LogP contribution in [0.2, 0.25) is 10.0 Å². The maximum Gasteiger partial charge on any atom is 0.263 e. The van der Waals surface area contributed by atoms with Crippen molar-refractivity contribution in [3.8, 4) is 0 Å². The van der Waals surface area contributed by atoms with Crippen molar-refractivity contribution in [3.05, 3.63) is 76.4 Å². The van der Waals surface area contributed by atoms with E-state index in [1.807, 2.05) is 18.2 Å². The molecule has 3 rings (SSSR count). The minimum Gasteiger partial charge on any atom is -0.265 e. The lowest BCUT2D eigenvalue weighted by atomic mass is 10.2. The summed E-state index contributed by atoms with van der Waals surface area (Å²) in [7, 11) is -3.74. The second-order valence-electron chi connectivity index (χ2n) is 5.03. The zero-order valence-electron chi connectivity index (χ0n) is 12.4. The molecule has 24 heavy (non-hydrogen) atoms. The van der Waals surface area contributed by atoms with Crippen LogP contribution in [0, 0.1) is 0 Å². The van der Waals surface area contributed by atoms with Crippen LogP contribution in [-0.4, -0.2) is 18.2 Å². The molecule has 0 amide bonds. The van der Waals surface area contributed by atoms with Crippen LogP contribution in [0.1, 0.15) is 5.56 Å². The first-order valence-electron chi connectivity index (χ1n) is 7.00. The molecule has 0 aliphatic rings. The molecule has 0 spiro atoms. The van der Waals surface area contributed by atoms with E-state index in [-0.39, 0.29) is 15.7 Å². The fourth-order valence-electron chi connectivity index (χ4n) is 2.13. The minimum absolute atomic E-state index is 0.0765. The predicted molar refractivity (Wildman–Crippen MR) is 95.0 cm³/mol. The van der Waals surface area contributed by atoms with E-state index in [1.54, 1.807) is 30.5 Å². The lowest BCUT2D eigenvalue weighted by Crippen LogP contribution is -2.14. The maximum atomic E-state index is 12.3. The molecule has 2 aromatic carbocycles. The molecule has 124 valence electrons. The molecule has 0 unspecified atom stereocenters. The van der Waals surface area contributed by atoms with E-state index >= 15 is 0 Å². The molecular weight excluding hydrogens is 369 g/mol. The minimum atomic E-state index is -3.74. The molecule has 0 fully saturated rings. The van der Waals surface area contributed by atoms with Crippen molar-refractivity contribution in [2.75, 3.05) is 4.72 Å². The van der Waals surface area contributed by atoms with Gasteiger partial charge in [-0.05, 0) is 23.8 Å². The van der Waals surface area contributed by atoms with Crippen LogP contribution in [0.4, 0.5) is 5.82 Å². The molecule has 0 atom stereocenters. The Balaban J connectivity index is 1.84. The summed E-state index contributed by atoms with van der Waals surface area (Å²) in [5.41, 5.74) is 0.857. The van der Waals surface area contributed by atoms with Crippen LogP contribution in [-0.2, 0) is 16.6 Å². The van der Waals surface area contributed by atoms with Gasteiger partial charge in [0.1, 0.15) is 5.02 Å². The molecule has 0 bridgehead atoms. The highest BCUT2D eigenvalue weighted by atomic mass is 35.5. The highest BCUT2D eigenvalue weighted by Gasteiger charge is 2.18. The average Bonchev–Trinajstić information content (AvgIpc) is 2.89.